The Morgan fingerprint density at radius 3 is 2.27 bits per heavy atom. The van der Waals surface area contributed by atoms with E-state index in [9.17, 15) is 5.11 Å². The average Bonchev–Trinajstić information content (AvgIpc) is 2.82. The van der Waals surface area contributed by atoms with Crippen LogP contribution in [0.15, 0.2) is 22.7 Å². The molecule has 2 heteroatoms. The Morgan fingerprint density at radius 2 is 1.87 bits per heavy atom. The summed E-state index contributed by atoms with van der Waals surface area (Å²) < 4.78 is 1.10. The van der Waals surface area contributed by atoms with Crippen molar-refractivity contribution in [2.45, 2.75) is 44.6 Å². The molecule has 0 bridgehead atoms. The van der Waals surface area contributed by atoms with Crippen molar-refractivity contribution >= 4 is 15.9 Å². The highest BCUT2D eigenvalue weighted by atomic mass is 79.9. The number of hydrogen-bond acceptors (Lipinski definition) is 1. The molecule has 0 aliphatic heterocycles. The average molecular weight is 269 g/mol. The molecular weight excluding hydrogens is 252 g/mol. The Kier molecular flexibility index (Phi) is 2.47. The summed E-state index contributed by atoms with van der Waals surface area (Å²) in [4.78, 5) is 0. The fourth-order valence-electron chi connectivity index (χ4n) is 1.82. The second-order valence-electron chi connectivity index (χ2n) is 5.48. The summed E-state index contributed by atoms with van der Waals surface area (Å²) in [5.41, 5.74) is 1.94. The van der Waals surface area contributed by atoms with Crippen LogP contribution in [0.25, 0.3) is 0 Å². The molecule has 1 aliphatic rings. The molecule has 0 unspecified atom stereocenters. The number of aliphatic hydroxyl groups is 1. The Hall–Kier alpha value is -0.340. The van der Waals surface area contributed by atoms with Crippen molar-refractivity contribution in [1.29, 1.82) is 0 Å². The molecule has 1 aromatic rings. The molecule has 1 aromatic carbocycles. The maximum atomic E-state index is 10.00. The minimum Gasteiger partial charge on any atom is -0.385 e. The van der Waals surface area contributed by atoms with Crippen molar-refractivity contribution in [3.05, 3.63) is 33.8 Å². The van der Waals surface area contributed by atoms with Crippen LogP contribution in [0.1, 0.15) is 44.7 Å². The SMILES string of the molecule is CC(C)(C)c1ccc(C2(O)CC2)cc1Br. The molecular formula is C13H17BrO. The standard InChI is InChI=1S/C13H17BrO/c1-12(2,3)10-5-4-9(8-11(10)14)13(15)6-7-13/h4-5,8,15H,6-7H2,1-3H3. The van der Waals surface area contributed by atoms with Gasteiger partial charge in [-0.05, 0) is 35.4 Å². The van der Waals surface area contributed by atoms with Gasteiger partial charge in [0.25, 0.3) is 0 Å². The van der Waals surface area contributed by atoms with Crippen LogP contribution in [0.4, 0.5) is 0 Å². The van der Waals surface area contributed by atoms with Crippen LogP contribution in [0, 0.1) is 0 Å². The zero-order chi connectivity index (χ0) is 11.3. The van der Waals surface area contributed by atoms with E-state index in [0.29, 0.717) is 0 Å². The molecule has 2 rings (SSSR count). The van der Waals surface area contributed by atoms with E-state index in [2.05, 4.69) is 54.9 Å². The third-order valence-electron chi connectivity index (χ3n) is 3.04. The van der Waals surface area contributed by atoms with Gasteiger partial charge in [0, 0.05) is 4.47 Å². The Labute approximate surface area is 99.6 Å². The zero-order valence-corrected chi connectivity index (χ0v) is 11.1. The molecule has 0 heterocycles. The third kappa shape index (κ3) is 2.11. The molecule has 0 radical (unpaired) electrons. The van der Waals surface area contributed by atoms with E-state index in [-0.39, 0.29) is 5.41 Å². The maximum absolute atomic E-state index is 10.00. The van der Waals surface area contributed by atoms with Crippen LogP contribution in [0.2, 0.25) is 0 Å². The fraction of sp³-hybridized carbons (Fsp3) is 0.538. The molecule has 0 atom stereocenters. The second-order valence-corrected chi connectivity index (χ2v) is 6.33. The van der Waals surface area contributed by atoms with Crippen LogP contribution in [-0.2, 0) is 11.0 Å². The van der Waals surface area contributed by atoms with E-state index in [1.54, 1.807) is 0 Å². The van der Waals surface area contributed by atoms with Crippen molar-refractivity contribution in [3.8, 4) is 0 Å². The van der Waals surface area contributed by atoms with E-state index in [4.69, 9.17) is 0 Å². The first kappa shape index (κ1) is 11.2. The summed E-state index contributed by atoms with van der Waals surface area (Å²) in [6, 6.07) is 6.24. The van der Waals surface area contributed by atoms with Crippen molar-refractivity contribution in [1.82, 2.24) is 0 Å². The smallest absolute Gasteiger partial charge is 0.0899 e. The van der Waals surface area contributed by atoms with E-state index >= 15 is 0 Å². The van der Waals surface area contributed by atoms with Crippen molar-refractivity contribution in [2.24, 2.45) is 0 Å². The first-order valence-corrected chi connectivity index (χ1v) is 6.15. The second kappa shape index (κ2) is 3.33. The normalized spacial score (nSPS) is 19.0. The molecule has 1 saturated carbocycles. The lowest BCUT2D eigenvalue weighted by molar-refractivity contribution is 0.151. The molecule has 0 aromatic heterocycles. The molecule has 1 N–H and O–H groups in total. The Morgan fingerprint density at radius 1 is 1.27 bits per heavy atom. The van der Waals surface area contributed by atoms with Gasteiger partial charge in [-0.25, -0.2) is 0 Å². The highest BCUT2D eigenvalue weighted by Gasteiger charge is 2.42. The molecule has 1 nitrogen and oxygen atoms in total. The predicted molar refractivity (Wildman–Crippen MR) is 66.0 cm³/mol. The summed E-state index contributed by atoms with van der Waals surface area (Å²) in [5, 5.41) is 10.00. The van der Waals surface area contributed by atoms with Crippen LogP contribution in [0.3, 0.4) is 0 Å². The molecule has 15 heavy (non-hydrogen) atoms. The van der Waals surface area contributed by atoms with Gasteiger partial charge < -0.3 is 5.11 Å². The first-order chi connectivity index (χ1) is 6.83. The monoisotopic (exact) mass is 268 g/mol. The van der Waals surface area contributed by atoms with Crippen molar-refractivity contribution in [2.75, 3.05) is 0 Å². The zero-order valence-electron chi connectivity index (χ0n) is 9.47. The van der Waals surface area contributed by atoms with Crippen molar-refractivity contribution < 1.29 is 5.11 Å². The maximum Gasteiger partial charge on any atom is 0.0899 e. The lowest BCUT2D eigenvalue weighted by Gasteiger charge is -2.22. The number of hydrogen-bond donors (Lipinski definition) is 1. The summed E-state index contributed by atoms with van der Waals surface area (Å²) in [7, 11) is 0. The van der Waals surface area contributed by atoms with Gasteiger partial charge in [0.2, 0.25) is 0 Å². The van der Waals surface area contributed by atoms with E-state index in [1.165, 1.54) is 5.56 Å². The van der Waals surface area contributed by atoms with Gasteiger partial charge >= 0.3 is 0 Å². The largest absolute Gasteiger partial charge is 0.385 e. The minimum absolute atomic E-state index is 0.142. The predicted octanol–water partition coefficient (Wildman–Crippen LogP) is 3.73. The topological polar surface area (TPSA) is 20.2 Å². The minimum atomic E-state index is -0.529. The molecule has 1 aliphatic carbocycles. The third-order valence-corrected chi connectivity index (χ3v) is 3.69. The van der Waals surface area contributed by atoms with Gasteiger partial charge in [-0.3, -0.25) is 0 Å². The highest BCUT2D eigenvalue weighted by molar-refractivity contribution is 9.10. The molecule has 0 amide bonds. The van der Waals surface area contributed by atoms with Gasteiger partial charge in [0.1, 0.15) is 0 Å². The van der Waals surface area contributed by atoms with Gasteiger partial charge in [-0.2, -0.15) is 0 Å². The summed E-state index contributed by atoms with van der Waals surface area (Å²) in [6.07, 6.45) is 1.79. The summed E-state index contributed by atoms with van der Waals surface area (Å²) in [6.45, 7) is 6.58. The molecule has 0 saturated heterocycles. The Balaban J connectivity index is 2.39. The first-order valence-electron chi connectivity index (χ1n) is 5.36. The number of rotatable bonds is 1. The van der Waals surface area contributed by atoms with Crippen LogP contribution < -0.4 is 0 Å². The van der Waals surface area contributed by atoms with Gasteiger partial charge in [0.15, 0.2) is 0 Å². The van der Waals surface area contributed by atoms with E-state index in [0.717, 1.165) is 22.9 Å². The van der Waals surface area contributed by atoms with E-state index < -0.39 is 5.60 Å². The van der Waals surface area contributed by atoms with Crippen LogP contribution in [0.5, 0.6) is 0 Å². The summed E-state index contributed by atoms with van der Waals surface area (Å²) in [5.74, 6) is 0. The van der Waals surface area contributed by atoms with Gasteiger partial charge in [-0.15, -0.1) is 0 Å². The van der Waals surface area contributed by atoms with Gasteiger partial charge in [0.05, 0.1) is 5.60 Å². The number of benzene rings is 1. The molecule has 1 fully saturated rings. The fourth-order valence-corrected chi connectivity index (χ4v) is 2.79. The quantitative estimate of drug-likeness (QED) is 0.823. The van der Waals surface area contributed by atoms with Crippen molar-refractivity contribution in [3.63, 3.8) is 0 Å². The molecule has 0 spiro atoms. The van der Waals surface area contributed by atoms with Gasteiger partial charge in [-0.1, -0.05) is 48.8 Å². The van der Waals surface area contributed by atoms with Crippen LogP contribution in [-0.4, -0.2) is 5.11 Å². The molecule has 82 valence electrons. The number of halogens is 1. The lowest BCUT2D eigenvalue weighted by atomic mass is 9.86. The van der Waals surface area contributed by atoms with E-state index in [1.807, 2.05) is 0 Å². The lowest BCUT2D eigenvalue weighted by Crippen LogP contribution is -2.13. The van der Waals surface area contributed by atoms with Crippen LogP contribution >= 0.6 is 15.9 Å². The highest BCUT2D eigenvalue weighted by Crippen LogP contribution is 2.46. The Bertz CT molecular complexity index is 386. The summed E-state index contributed by atoms with van der Waals surface area (Å²) >= 11 is 3.59.